The lowest BCUT2D eigenvalue weighted by Crippen LogP contribution is -2.48. The Kier molecular flexibility index (Phi) is 5.38. The van der Waals surface area contributed by atoms with Crippen molar-refractivity contribution < 1.29 is 19.0 Å². The van der Waals surface area contributed by atoms with E-state index in [1.54, 1.807) is 4.90 Å². The summed E-state index contributed by atoms with van der Waals surface area (Å²) < 4.78 is 15.8. The summed E-state index contributed by atoms with van der Waals surface area (Å²) in [5, 5.41) is 8.36. The fourth-order valence-electron chi connectivity index (χ4n) is 1.55. The first-order chi connectivity index (χ1) is 8.42. The van der Waals surface area contributed by atoms with E-state index in [0.717, 1.165) is 0 Å². The smallest absolute Gasteiger partial charge is 0.410 e. The lowest BCUT2D eigenvalue weighted by atomic mass is 10.2. The standard InChI is InChI=1S/C12H20N2O4/c1-12(2,3)18-11(15)14-5-7-17-10(8-14)9-16-6-4-13/h10H,5-9H2,1-3H3/t10-/m0/s1. The predicted octanol–water partition coefficient (Wildman–Crippen LogP) is 1.16. The van der Waals surface area contributed by atoms with Gasteiger partial charge in [-0.2, -0.15) is 5.26 Å². The molecule has 1 rings (SSSR count). The van der Waals surface area contributed by atoms with E-state index in [0.29, 0.717) is 26.3 Å². The second-order valence-corrected chi connectivity index (χ2v) is 5.09. The number of hydrogen-bond donors (Lipinski definition) is 0. The highest BCUT2D eigenvalue weighted by atomic mass is 16.6. The molecule has 0 saturated carbocycles. The topological polar surface area (TPSA) is 71.8 Å². The van der Waals surface area contributed by atoms with Gasteiger partial charge in [0.25, 0.3) is 0 Å². The van der Waals surface area contributed by atoms with Gasteiger partial charge in [-0.25, -0.2) is 4.79 Å². The van der Waals surface area contributed by atoms with Gasteiger partial charge in [-0.15, -0.1) is 0 Å². The van der Waals surface area contributed by atoms with Gasteiger partial charge in [-0.05, 0) is 20.8 Å². The fourth-order valence-corrected chi connectivity index (χ4v) is 1.55. The zero-order valence-electron chi connectivity index (χ0n) is 11.1. The molecule has 6 heteroatoms. The lowest BCUT2D eigenvalue weighted by molar-refractivity contribution is -0.0690. The van der Waals surface area contributed by atoms with Crippen molar-refractivity contribution in [3.05, 3.63) is 0 Å². The summed E-state index contributed by atoms with van der Waals surface area (Å²) in [4.78, 5) is 13.5. The number of morpholine rings is 1. The molecule has 1 aliphatic rings. The van der Waals surface area contributed by atoms with Gasteiger partial charge in [0.05, 0.1) is 31.9 Å². The number of ether oxygens (including phenoxy) is 3. The second kappa shape index (κ2) is 6.57. The molecule has 0 aromatic rings. The summed E-state index contributed by atoms with van der Waals surface area (Å²) in [6.07, 6.45) is -0.532. The first-order valence-corrected chi connectivity index (χ1v) is 5.96. The minimum atomic E-state index is -0.498. The monoisotopic (exact) mass is 256 g/mol. The van der Waals surface area contributed by atoms with E-state index >= 15 is 0 Å². The fraction of sp³-hybridized carbons (Fsp3) is 0.833. The molecule has 0 aromatic heterocycles. The van der Waals surface area contributed by atoms with E-state index < -0.39 is 5.60 Å². The van der Waals surface area contributed by atoms with Crippen LogP contribution in [0, 0.1) is 11.3 Å². The van der Waals surface area contributed by atoms with Gasteiger partial charge in [0.1, 0.15) is 12.2 Å². The minimum Gasteiger partial charge on any atom is -0.444 e. The van der Waals surface area contributed by atoms with Crippen LogP contribution in [0.3, 0.4) is 0 Å². The minimum absolute atomic E-state index is 0.0340. The summed E-state index contributed by atoms with van der Waals surface area (Å²) in [6.45, 7) is 7.25. The van der Waals surface area contributed by atoms with Crippen LogP contribution >= 0.6 is 0 Å². The van der Waals surface area contributed by atoms with Gasteiger partial charge >= 0.3 is 6.09 Å². The number of rotatable bonds is 3. The van der Waals surface area contributed by atoms with Gasteiger partial charge in [0, 0.05) is 6.54 Å². The van der Waals surface area contributed by atoms with Gasteiger partial charge in [0.2, 0.25) is 0 Å². The van der Waals surface area contributed by atoms with E-state index in [-0.39, 0.29) is 18.8 Å². The molecule has 1 aliphatic heterocycles. The van der Waals surface area contributed by atoms with Crippen molar-refractivity contribution in [3.63, 3.8) is 0 Å². The van der Waals surface area contributed by atoms with Crippen molar-refractivity contribution in [1.82, 2.24) is 4.90 Å². The van der Waals surface area contributed by atoms with Crippen LogP contribution in [0.2, 0.25) is 0 Å². The molecule has 0 aliphatic carbocycles. The van der Waals surface area contributed by atoms with E-state index in [9.17, 15) is 4.79 Å². The molecule has 1 heterocycles. The van der Waals surface area contributed by atoms with Gasteiger partial charge in [-0.3, -0.25) is 0 Å². The average molecular weight is 256 g/mol. The zero-order chi connectivity index (χ0) is 13.6. The van der Waals surface area contributed by atoms with Crippen LogP contribution < -0.4 is 0 Å². The van der Waals surface area contributed by atoms with Crippen LogP contribution in [0.15, 0.2) is 0 Å². The molecular weight excluding hydrogens is 236 g/mol. The Morgan fingerprint density at radius 2 is 2.28 bits per heavy atom. The van der Waals surface area contributed by atoms with E-state index in [4.69, 9.17) is 19.5 Å². The molecule has 1 saturated heterocycles. The molecule has 102 valence electrons. The van der Waals surface area contributed by atoms with E-state index in [1.807, 2.05) is 26.8 Å². The Morgan fingerprint density at radius 3 is 2.89 bits per heavy atom. The maximum absolute atomic E-state index is 11.8. The van der Waals surface area contributed by atoms with Crippen molar-refractivity contribution in [1.29, 1.82) is 5.26 Å². The lowest BCUT2D eigenvalue weighted by Gasteiger charge is -2.33. The Labute approximate surface area is 107 Å². The highest BCUT2D eigenvalue weighted by Crippen LogP contribution is 2.13. The van der Waals surface area contributed by atoms with Crippen LogP contribution in [0.25, 0.3) is 0 Å². The predicted molar refractivity (Wildman–Crippen MR) is 64.0 cm³/mol. The summed E-state index contributed by atoms with van der Waals surface area (Å²) >= 11 is 0. The number of carbonyl (C=O) groups is 1. The van der Waals surface area contributed by atoms with Crippen LogP contribution in [0.5, 0.6) is 0 Å². The summed E-state index contributed by atoms with van der Waals surface area (Å²) in [7, 11) is 0. The molecule has 18 heavy (non-hydrogen) atoms. The zero-order valence-corrected chi connectivity index (χ0v) is 11.1. The second-order valence-electron chi connectivity index (χ2n) is 5.09. The third kappa shape index (κ3) is 5.34. The van der Waals surface area contributed by atoms with Crippen molar-refractivity contribution in [2.75, 3.05) is 32.9 Å². The molecule has 1 atom stereocenters. The number of carbonyl (C=O) groups excluding carboxylic acids is 1. The Hall–Kier alpha value is -1.32. The molecule has 6 nitrogen and oxygen atoms in total. The summed E-state index contributed by atoms with van der Waals surface area (Å²) in [6, 6.07) is 1.89. The Morgan fingerprint density at radius 1 is 1.56 bits per heavy atom. The maximum Gasteiger partial charge on any atom is 0.410 e. The highest BCUT2D eigenvalue weighted by molar-refractivity contribution is 5.68. The van der Waals surface area contributed by atoms with Crippen molar-refractivity contribution in [2.45, 2.75) is 32.5 Å². The average Bonchev–Trinajstić information content (AvgIpc) is 2.27. The molecule has 0 aromatic carbocycles. The number of nitrogens with zero attached hydrogens (tertiary/aromatic N) is 2. The van der Waals surface area contributed by atoms with Crippen LogP contribution in [0.4, 0.5) is 4.79 Å². The highest BCUT2D eigenvalue weighted by Gasteiger charge is 2.28. The molecule has 0 bridgehead atoms. The summed E-state index contributed by atoms with van der Waals surface area (Å²) in [5.74, 6) is 0. The Balaban J connectivity index is 2.39. The number of hydrogen-bond acceptors (Lipinski definition) is 5. The number of nitriles is 1. The largest absolute Gasteiger partial charge is 0.444 e. The molecular formula is C12H20N2O4. The molecule has 1 fully saturated rings. The summed E-state index contributed by atoms with van der Waals surface area (Å²) in [5.41, 5.74) is -0.498. The molecule has 0 unspecified atom stereocenters. The molecule has 0 spiro atoms. The van der Waals surface area contributed by atoms with Gasteiger partial charge in [-0.1, -0.05) is 0 Å². The first kappa shape index (κ1) is 14.7. The molecule has 1 amide bonds. The van der Waals surface area contributed by atoms with E-state index in [2.05, 4.69) is 0 Å². The van der Waals surface area contributed by atoms with Gasteiger partial charge < -0.3 is 19.1 Å². The van der Waals surface area contributed by atoms with Crippen LogP contribution in [-0.2, 0) is 14.2 Å². The van der Waals surface area contributed by atoms with Crippen molar-refractivity contribution >= 4 is 6.09 Å². The third-order valence-corrected chi connectivity index (χ3v) is 2.26. The molecule has 0 N–H and O–H groups in total. The van der Waals surface area contributed by atoms with Crippen LogP contribution in [0.1, 0.15) is 20.8 Å². The normalized spacial score (nSPS) is 20.3. The number of amides is 1. The first-order valence-electron chi connectivity index (χ1n) is 5.96. The quantitative estimate of drug-likeness (QED) is 0.709. The van der Waals surface area contributed by atoms with Gasteiger partial charge in [0.15, 0.2) is 0 Å². The third-order valence-electron chi connectivity index (χ3n) is 2.26. The maximum atomic E-state index is 11.8. The van der Waals surface area contributed by atoms with Crippen molar-refractivity contribution in [3.8, 4) is 6.07 Å². The SMILES string of the molecule is CC(C)(C)OC(=O)N1CCO[C@H](COCC#N)C1. The van der Waals surface area contributed by atoms with Crippen LogP contribution in [-0.4, -0.2) is 55.6 Å². The van der Waals surface area contributed by atoms with E-state index in [1.165, 1.54) is 0 Å². The molecule has 0 radical (unpaired) electrons. The van der Waals surface area contributed by atoms with Crippen molar-refractivity contribution in [2.24, 2.45) is 0 Å². The Bertz CT molecular complexity index is 319.